The van der Waals surface area contributed by atoms with Gasteiger partial charge in [-0.3, -0.25) is 0 Å². The Balaban J connectivity index is 2.35. The molecule has 0 bridgehead atoms. The van der Waals surface area contributed by atoms with Crippen LogP contribution in [0.5, 0.6) is 5.75 Å². The molecule has 20 heavy (non-hydrogen) atoms. The summed E-state index contributed by atoms with van der Waals surface area (Å²) in [6, 6.07) is 12.6. The SMILES string of the molecule is CCNC(c1ccc(OC)cc1)c1ccc(F)c(Cl)c1. The molecule has 1 unspecified atom stereocenters. The normalized spacial score (nSPS) is 12.2. The number of halogens is 2. The van der Waals surface area contributed by atoms with Crippen molar-refractivity contribution in [3.8, 4) is 5.75 Å². The van der Waals surface area contributed by atoms with Crippen molar-refractivity contribution in [1.29, 1.82) is 0 Å². The summed E-state index contributed by atoms with van der Waals surface area (Å²) in [5.41, 5.74) is 2.01. The Bertz CT molecular complexity index is 571. The van der Waals surface area contributed by atoms with E-state index < -0.39 is 5.82 Å². The predicted molar refractivity (Wildman–Crippen MR) is 79.9 cm³/mol. The molecule has 0 aliphatic rings. The van der Waals surface area contributed by atoms with Crippen molar-refractivity contribution in [2.45, 2.75) is 13.0 Å². The summed E-state index contributed by atoms with van der Waals surface area (Å²) in [5.74, 6) is 0.404. The van der Waals surface area contributed by atoms with E-state index in [-0.39, 0.29) is 11.1 Å². The number of hydrogen-bond acceptors (Lipinski definition) is 2. The Kier molecular flexibility index (Phi) is 4.99. The van der Waals surface area contributed by atoms with Crippen molar-refractivity contribution in [3.63, 3.8) is 0 Å². The van der Waals surface area contributed by atoms with Crippen molar-refractivity contribution in [1.82, 2.24) is 5.32 Å². The van der Waals surface area contributed by atoms with E-state index in [1.165, 1.54) is 6.07 Å². The highest BCUT2D eigenvalue weighted by Crippen LogP contribution is 2.27. The number of nitrogens with one attached hydrogen (secondary N) is 1. The van der Waals surface area contributed by atoms with Crippen molar-refractivity contribution >= 4 is 11.6 Å². The lowest BCUT2D eigenvalue weighted by Crippen LogP contribution is -2.22. The van der Waals surface area contributed by atoms with Crippen molar-refractivity contribution in [3.05, 3.63) is 64.4 Å². The van der Waals surface area contributed by atoms with Gasteiger partial charge in [-0.25, -0.2) is 4.39 Å². The summed E-state index contributed by atoms with van der Waals surface area (Å²) in [5, 5.41) is 3.52. The molecule has 2 aromatic rings. The van der Waals surface area contributed by atoms with Gasteiger partial charge in [0.15, 0.2) is 0 Å². The fraction of sp³-hybridized carbons (Fsp3) is 0.250. The van der Waals surface area contributed by atoms with Gasteiger partial charge in [-0.05, 0) is 41.9 Å². The van der Waals surface area contributed by atoms with Gasteiger partial charge in [-0.15, -0.1) is 0 Å². The highest BCUT2D eigenvalue weighted by molar-refractivity contribution is 6.30. The van der Waals surface area contributed by atoms with Crippen LogP contribution >= 0.6 is 11.6 Å². The zero-order valence-electron chi connectivity index (χ0n) is 11.5. The first-order valence-corrected chi connectivity index (χ1v) is 6.85. The average molecular weight is 294 g/mol. The van der Waals surface area contributed by atoms with E-state index in [2.05, 4.69) is 5.32 Å². The maximum Gasteiger partial charge on any atom is 0.141 e. The fourth-order valence-corrected chi connectivity index (χ4v) is 2.31. The van der Waals surface area contributed by atoms with E-state index in [1.54, 1.807) is 19.2 Å². The van der Waals surface area contributed by atoms with E-state index in [1.807, 2.05) is 31.2 Å². The fourth-order valence-electron chi connectivity index (χ4n) is 2.12. The van der Waals surface area contributed by atoms with E-state index in [9.17, 15) is 4.39 Å². The highest BCUT2D eigenvalue weighted by atomic mass is 35.5. The van der Waals surface area contributed by atoms with E-state index in [0.29, 0.717) is 0 Å². The van der Waals surface area contributed by atoms with Crippen LogP contribution in [0.25, 0.3) is 0 Å². The maximum atomic E-state index is 13.3. The minimum atomic E-state index is -0.402. The molecule has 106 valence electrons. The van der Waals surface area contributed by atoms with Gasteiger partial charge in [-0.1, -0.05) is 36.7 Å². The van der Waals surface area contributed by atoms with Crippen LogP contribution in [0, 0.1) is 5.82 Å². The molecule has 0 aliphatic heterocycles. The third kappa shape index (κ3) is 3.30. The zero-order chi connectivity index (χ0) is 14.5. The monoisotopic (exact) mass is 293 g/mol. The van der Waals surface area contributed by atoms with Gasteiger partial charge in [0.1, 0.15) is 11.6 Å². The molecule has 0 radical (unpaired) electrons. The number of hydrogen-bond donors (Lipinski definition) is 1. The van der Waals surface area contributed by atoms with Crippen LogP contribution in [0.2, 0.25) is 5.02 Å². The smallest absolute Gasteiger partial charge is 0.141 e. The first-order valence-electron chi connectivity index (χ1n) is 6.48. The molecule has 2 aromatic carbocycles. The predicted octanol–water partition coefficient (Wildman–Crippen LogP) is 4.19. The Morgan fingerprint density at radius 3 is 2.35 bits per heavy atom. The van der Waals surface area contributed by atoms with E-state index >= 15 is 0 Å². The van der Waals surface area contributed by atoms with Crippen LogP contribution in [0.4, 0.5) is 4.39 Å². The first kappa shape index (κ1) is 14.8. The Labute approximate surface area is 123 Å². The van der Waals surface area contributed by atoms with Crippen LogP contribution < -0.4 is 10.1 Å². The van der Waals surface area contributed by atoms with Gasteiger partial charge in [0.25, 0.3) is 0 Å². The summed E-state index contributed by atoms with van der Waals surface area (Å²) in [6.45, 7) is 2.83. The average Bonchev–Trinajstić information content (AvgIpc) is 2.48. The molecule has 0 spiro atoms. The number of methoxy groups -OCH3 is 1. The van der Waals surface area contributed by atoms with Crippen molar-refractivity contribution in [2.24, 2.45) is 0 Å². The third-order valence-corrected chi connectivity index (χ3v) is 3.42. The van der Waals surface area contributed by atoms with Crippen LogP contribution in [-0.4, -0.2) is 13.7 Å². The van der Waals surface area contributed by atoms with Gasteiger partial charge in [-0.2, -0.15) is 0 Å². The van der Waals surface area contributed by atoms with Crippen molar-refractivity contribution in [2.75, 3.05) is 13.7 Å². The lowest BCUT2D eigenvalue weighted by Gasteiger charge is -2.19. The Morgan fingerprint density at radius 2 is 1.80 bits per heavy atom. The standard InChI is InChI=1S/C16H17ClFNO/c1-3-19-16(11-4-7-13(20-2)8-5-11)12-6-9-15(18)14(17)10-12/h4-10,16,19H,3H2,1-2H3. The molecule has 1 atom stereocenters. The Hall–Kier alpha value is -1.58. The molecular formula is C16H17ClFNO. The van der Waals surface area contributed by atoms with Gasteiger partial charge in [0.2, 0.25) is 0 Å². The summed E-state index contributed by atoms with van der Waals surface area (Å²) in [4.78, 5) is 0. The molecule has 0 saturated heterocycles. The van der Waals surface area contributed by atoms with Crippen LogP contribution in [0.3, 0.4) is 0 Å². The summed E-state index contributed by atoms with van der Waals surface area (Å²) in [6.07, 6.45) is 0. The van der Waals surface area contributed by atoms with Gasteiger partial charge < -0.3 is 10.1 Å². The van der Waals surface area contributed by atoms with Crippen LogP contribution in [0.15, 0.2) is 42.5 Å². The largest absolute Gasteiger partial charge is 0.497 e. The van der Waals surface area contributed by atoms with Gasteiger partial charge in [0, 0.05) is 0 Å². The minimum Gasteiger partial charge on any atom is -0.497 e. The number of benzene rings is 2. The van der Waals surface area contributed by atoms with Crippen LogP contribution in [0.1, 0.15) is 24.1 Å². The highest BCUT2D eigenvalue weighted by Gasteiger charge is 2.14. The quantitative estimate of drug-likeness (QED) is 0.892. The zero-order valence-corrected chi connectivity index (χ0v) is 12.2. The maximum absolute atomic E-state index is 13.3. The molecule has 0 amide bonds. The lowest BCUT2D eigenvalue weighted by atomic mass is 9.98. The van der Waals surface area contributed by atoms with E-state index in [4.69, 9.17) is 16.3 Å². The second-order valence-electron chi connectivity index (χ2n) is 4.44. The molecule has 2 rings (SSSR count). The Morgan fingerprint density at radius 1 is 1.15 bits per heavy atom. The van der Waals surface area contributed by atoms with Gasteiger partial charge >= 0.3 is 0 Å². The molecular weight excluding hydrogens is 277 g/mol. The molecule has 0 fully saturated rings. The summed E-state index contributed by atoms with van der Waals surface area (Å²) >= 11 is 5.87. The van der Waals surface area contributed by atoms with Crippen LogP contribution in [-0.2, 0) is 0 Å². The second-order valence-corrected chi connectivity index (χ2v) is 4.84. The first-order chi connectivity index (χ1) is 9.65. The van der Waals surface area contributed by atoms with Crippen molar-refractivity contribution < 1.29 is 9.13 Å². The van der Waals surface area contributed by atoms with E-state index in [0.717, 1.165) is 23.4 Å². The van der Waals surface area contributed by atoms with Gasteiger partial charge in [0.05, 0.1) is 18.2 Å². The third-order valence-electron chi connectivity index (χ3n) is 3.13. The molecule has 2 nitrogen and oxygen atoms in total. The molecule has 4 heteroatoms. The molecule has 1 N–H and O–H groups in total. The molecule has 0 aliphatic carbocycles. The number of rotatable bonds is 5. The second kappa shape index (κ2) is 6.73. The summed E-state index contributed by atoms with van der Waals surface area (Å²) < 4.78 is 18.4. The topological polar surface area (TPSA) is 21.3 Å². The molecule has 0 saturated carbocycles. The summed E-state index contributed by atoms with van der Waals surface area (Å²) in [7, 11) is 1.64. The lowest BCUT2D eigenvalue weighted by molar-refractivity contribution is 0.414. The number of ether oxygens (including phenoxy) is 1. The molecule has 0 heterocycles. The molecule has 0 aromatic heterocycles. The minimum absolute atomic E-state index is 0.0241.